The Kier molecular flexibility index (Phi) is 4.85. The molecule has 0 aliphatic carbocycles. The molecule has 1 atom stereocenters. The highest BCUT2D eigenvalue weighted by atomic mass is 35.5. The molecule has 1 aromatic heterocycles. The Balaban J connectivity index is 1.55. The van der Waals surface area contributed by atoms with Gasteiger partial charge in [0.1, 0.15) is 0 Å². The third-order valence-corrected chi connectivity index (χ3v) is 4.43. The molecule has 0 spiro atoms. The molecule has 6 nitrogen and oxygen atoms in total. The van der Waals surface area contributed by atoms with Gasteiger partial charge in [0.15, 0.2) is 11.7 Å². The van der Waals surface area contributed by atoms with Gasteiger partial charge in [0.25, 0.3) is 0 Å². The van der Waals surface area contributed by atoms with Crippen molar-refractivity contribution >= 4 is 23.4 Å². The van der Waals surface area contributed by atoms with Gasteiger partial charge in [-0.15, -0.1) is 0 Å². The quantitative estimate of drug-likeness (QED) is 0.898. The van der Waals surface area contributed by atoms with Gasteiger partial charge in [-0.3, -0.25) is 9.59 Å². The molecule has 1 unspecified atom stereocenters. The molecule has 1 saturated heterocycles. The van der Waals surface area contributed by atoms with E-state index in [1.807, 2.05) is 12.1 Å². The molecule has 7 heteroatoms. The molecular weight excluding hydrogens is 330 g/mol. The first-order chi connectivity index (χ1) is 11.5. The van der Waals surface area contributed by atoms with Gasteiger partial charge in [-0.2, -0.15) is 0 Å². The number of likely N-dealkylation sites (tertiary alicyclic amines) is 1. The van der Waals surface area contributed by atoms with Crippen molar-refractivity contribution in [1.82, 2.24) is 9.88 Å². The number of hydrogen-bond acceptors (Lipinski definition) is 4. The Morgan fingerprint density at radius 1 is 1.33 bits per heavy atom. The van der Waals surface area contributed by atoms with Crippen LogP contribution in [0, 0.1) is 5.92 Å². The number of aryl methyl sites for hydroxylation is 1. The van der Waals surface area contributed by atoms with Gasteiger partial charge in [0.2, 0.25) is 11.8 Å². The zero-order valence-electron chi connectivity index (χ0n) is 13.1. The van der Waals surface area contributed by atoms with Gasteiger partial charge in [0, 0.05) is 36.5 Å². The second-order valence-corrected chi connectivity index (χ2v) is 6.29. The lowest BCUT2D eigenvalue weighted by molar-refractivity contribution is -0.130. The van der Waals surface area contributed by atoms with Gasteiger partial charge in [-0.05, 0) is 30.7 Å². The number of halogens is 1. The first kappa shape index (κ1) is 16.5. The molecule has 24 heavy (non-hydrogen) atoms. The van der Waals surface area contributed by atoms with Gasteiger partial charge in [0.05, 0.1) is 12.1 Å². The van der Waals surface area contributed by atoms with E-state index in [1.54, 1.807) is 23.2 Å². The predicted molar refractivity (Wildman–Crippen MR) is 89.2 cm³/mol. The second kappa shape index (κ2) is 7.05. The van der Waals surface area contributed by atoms with Crippen LogP contribution in [0.3, 0.4) is 0 Å². The lowest BCUT2D eigenvalue weighted by Gasteiger charge is -2.15. The molecule has 2 amide bonds. The first-order valence-corrected chi connectivity index (χ1v) is 8.18. The number of amides is 2. The van der Waals surface area contributed by atoms with Crippen LogP contribution in [0.25, 0.3) is 11.3 Å². The molecule has 0 radical (unpaired) electrons. The van der Waals surface area contributed by atoms with E-state index < -0.39 is 0 Å². The van der Waals surface area contributed by atoms with Crippen LogP contribution in [0.1, 0.15) is 18.7 Å². The number of nitrogens with two attached hydrogens (primary N) is 1. The Morgan fingerprint density at radius 2 is 2.08 bits per heavy atom. The fourth-order valence-corrected chi connectivity index (χ4v) is 2.89. The van der Waals surface area contributed by atoms with Crippen LogP contribution in [-0.2, 0) is 16.0 Å². The van der Waals surface area contributed by atoms with Crippen molar-refractivity contribution in [3.63, 3.8) is 0 Å². The summed E-state index contributed by atoms with van der Waals surface area (Å²) < 4.78 is 5.68. The van der Waals surface area contributed by atoms with Crippen molar-refractivity contribution in [2.75, 3.05) is 13.1 Å². The molecule has 1 fully saturated rings. The monoisotopic (exact) mass is 347 g/mol. The number of rotatable bonds is 5. The smallest absolute Gasteiger partial charge is 0.223 e. The molecule has 1 aromatic carbocycles. The van der Waals surface area contributed by atoms with E-state index in [4.69, 9.17) is 21.8 Å². The number of primary amides is 1. The normalized spacial score (nSPS) is 17.2. The molecule has 2 N–H and O–H groups in total. The highest BCUT2D eigenvalue weighted by Crippen LogP contribution is 2.23. The molecule has 2 aromatic rings. The fraction of sp³-hybridized carbons (Fsp3) is 0.353. The van der Waals surface area contributed by atoms with E-state index in [0.29, 0.717) is 49.0 Å². The van der Waals surface area contributed by atoms with Gasteiger partial charge in [-0.25, -0.2) is 4.98 Å². The number of carbonyl (C=O) groups is 2. The average Bonchev–Trinajstić information content (AvgIpc) is 3.23. The summed E-state index contributed by atoms with van der Waals surface area (Å²) in [6.07, 6.45) is 3.00. The summed E-state index contributed by atoms with van der Waals surface area (Å²) in [5, 5.41) is 0.656. The Bertz CT molecular complexity index is 742. The topological polar surface area (TPSA) is 89.4 Å². The SMILES string of the molecule is NC(=O)C1CCN(C(=O)CCc2ncc(-c3ccc(Cl)cc3)o2)C1. The standard InChI is InChI=1S/C17H18ClN3O3/c18-13-3-1-11(2-4-13)14-9-20-15(24-14)5-6-16(22)21-8-7-12(10-21)17(19)23/h1-4,9,12H,5-8,10H2,(H2,19,23). The minimum Gasteiger partial charge on any atom is -0.441 e. The summed E-state index contributed by atoms with van der Waals surface area (Å²) >= 11 is 5.86. The number of oxazole rings is 1. The summed E-state index contributed by atoms with van der Waals surface area (Å²) in [6, 6.07) is 7.27. The maximum absolute atomic E-state index is 12.2. The Hall–Kier alpha value is -2.34. The van der Waals surface area contributed by atoms with Crippen molar-refractivity contribution in [2.24, 2.45) is 11.7 Å². The number of aromatic nitrogens is 1. The third kappa shape index (κ3) is 3.76. The third-order valence-electron chi connectivity index (χ3n) is 4.18. The lowest BCUT2D eigenvalue weighted by Crippen LogP contribution is -2.31. The molecule has 0 saturated carbocycles. The van der Waals surface area contributed by atoms with Crippen LogP contribution in [0.15, 0.2) is 34.9 Å². The number of hydrogen-bond donors (Lipinski definition) is 1. The minimum atomic E-state index is -0.342. The van der Waals surface area contributed by atoms with Crippen molar-refractivity contribution in [1.29, 1.82) is 0 Å². The zero-order valence-corrected chi connectivity index (χ0v) is 13.8. The molecular formula is C17H18ClN3O3. The Labute approximate surface area is 144 Å². The van der Waals surface area contributed by atoms with Crippen molar-refractivity contribution in [3.8, 4) is 11.3 Å². The van der Waals surface area contributed by atoms with Crippen molar-refractivity contribution in [3.05, 3.63) is 41.4 Å². The van der Waals surface area contributed by atoms with Crippen LogP contribution in [0.4, 0.5) is 0 Å². The van der Waals surface area contributed by atoms with Crippen LogP contribution in [0.2, 0.25) is 5.02 Å². The van der Waals surface area contributed by atoms with E-state index in [0.717, 1.165) is 5.56 Å². The predicted octanol–water partition coefficient (Wildman–Crippen LogP) is 2.26. The average molecular weight is 348 g/mol. The molecule has 0 bridgehead atoms. The van der Waals surface area contributed by atoms with E-state index in [2.05, 4.69) is 4.98 Å². The number of carbonyl (C=O) groups excluding carboxylic acids is 2. The van der Waals surface area contributed by atoms with Gasteiger partial charge >= 0.3 is 0 Å². The van der Waals surface area contributed by atoms with Crippen LogP contribution < -0.4 is 5.73 Å². The van der Waals surface area contributed by atoms with E-state index in [9.17, 15) is 9.59 Å². The van der Waals surface area contributed by atoms with Crippen LogP contribution in [0.5, 0.6) is 0 Å². The first-order valence-electron chi connectivity index (χ1n) is 7.80. The molecule has 1 aliphatic rings. The number of nitrogens with zero attached hydrogens (tertiary/aromatic N) is 2. The minimum absolute atomic E-state index is 0.00927. The maximum Gasteiger partial charge on any atom is 0.223 e. The largest absolute Gasteiger partial charge is 0.441 e. The molecule has 2 heterocycles. The summed E-state index contributed by atoms with van der Waals surface area (Å²) in [4.78, 5) is 29.2. The van der Waals surface area contributed by atoms with Crippen LogP contribution in [-0.4, -0.2) is 34.8 Å². The van der Waals surface area contributed by atoms with E-state index in [1.165, 1.54) is 0 Å². The molecule has 1 aliphatic heterocycles. The maximum atomic E-state index is 12.2. The van der Waals surface area contributed by atoms with Crippen molar-refractivity contribution in [2.45, 2.75) is 19.3 Å². The fourth-order valence-electron chi connectivity index (χ4n) is 2.76. The van der Waals surface area contributed by atoms with E-state index in [-0.39, 0.29) is 17.7 Å². The highest BCUT2D eigenvalue weighted by molar-refractivity contribution is 6.30. The molecule has 126 valence electrons. The van der Waals surface area contributed by atoms with Crippen LogP contribution >= 0.6 is 11.6 Å². The lowest BCUT2D eigenvalue weighted by atomic mass is 10.1. The summed E-state index contributed by atoms with van der Waals surface area (Å²) in [6.45, 7) is 0.990. The van der Waals surface area contributed by atoms with Gasteiger partial charge in [-0.1, -0.05) is 11.6 Å². The summed E-state index contributed by atoms with van der Waals surface area (Å²) in [7, 11) is 0. The summed E-state index contributed by atoms with van der Waals surface area (Å²) in [5.41, 5.74) is 6.17. The molecule has 3 rings (SSSR count). The second-order valence-electron chi connectivity index (χ2n) is 5.85. The zero-order chi connectivity index (χ0) is 17.1. The summed E-state index contributed by atoms with van der Waals surface area (Å²) in [5.74, 6) is 0.575. The highest BCUT2D eigenvalue weighted by Gasteiger charge is 2.29. The van der Waals surface area contributed by atoms with Crippen molar-refractivity contribution < 1.29 is 14.0 Å². The Morgan fingerprint density at radius 3 is 2.75 bits per heavy atom. The van der Waals surface area contributed by atoms with Gasteiger partial charge < -0.3 is 15.1 Å². The van der Waals surface area contributed by atoms with E-state index >= 15 is 0 Å². The number of benzene rings is 1.